The number of hydrogen-bond donors (Lipinski definition) is 1. The topological polar surface area (TPSA) is 61.6 Å². The molecular weight excluding hydrogens is 232 g/mol. The lowest BCUT2D eigenvalue weighted by molar-refractivity contribution is 0.744. The first-order chi connectivity index (χ1) is 8.21. The molecule has 4 nitrogen and oxygen atoms in total. The molecule has 17 heavy (non-hydrogen) atoms. The monoisotopic (exact) mass is 248 g/mol. The molecule has 2 rings (SSSR count). The minimum Gasteiger partial charge on any atom is -0.351 e. The van der Waals surface area contributed by atoms with Crippen LogP contribution < -0.4 is 5.32 Å². The van der Waals surface area contributed by atoms with Crippen LogP contribution in [-0.2, 0) is 0 Å². The third-order valence-corrected chi connectivity index (χ3v) is 4.11. The highest BCUT2D eigenvalue weighted by Crippen LogP contribution is 2.29. The Labute approximate surface area is 106 Å². The molecule has 0 amide bonds. The van der Waals surface area contributed by atoms with Crippen LogP contribution in [-0.4, -0.2) is 27.5 Å². The number of hydrogen-bond acceptors (Lipinski definition) is 5. The molecular formula is C12H16N4S. The molecule has 2 unspecified atom stereocenters. The van der Waals surface area contributed by atoms with Crippen molar-refractivity contribution >= 4 is 17.7 Å². The number of nitriles is 1. The second kappa shape index (κ2) is 5.37. The van der Waals surface area contributed by atoms with Gasteiger partial charge in [-0.3, -0.25) is 0 Å². The average molecular weight is 248 g/mol. The summed E-state index contributed by atoms with van der Waals surface area (Å²) < 4.78 is 0. The summed E-state index contributed by atoms with van der Waals surface area (Å²) >= 11 is 1.92. The van der Waals surface area contributed by atoms with Gasteiger partial charge in [0, 0.05) is 17.0 Å². The molecule has 1 heterocycles. The highest BCUT2D eigenvalue weighted by atomic mass is 32.2. The first-order valence-electron chi connectivity index (χ1n) is 5.76. The molecule has 1 aliphatic carbocycles. The number of nitrogens with zero attached hydrogens (tertiary/aromatic N) is 3. The summed E-state index contributed by atoms with van der Waals surface area (Å²) in [5.41, 5.74) is 1.26. The maximum atomic E-state index is 8.86. The van der Waals surface area contributed by atoms with Gasteiger partial charge in [0.1, 0.15) is 11.8 Å². The summed E-state index contributed by atoms with van der Waals surface area (Å²) in [6, 6.07) is 4.20. The van der Waals surface area contributed by atoms with E-state index in [-0.39, 0.29) is 0 Å². The summed E-state index contributed by atoms with van der Waals surface area (Å²) in [7, 11) is 0. The number of aromatic nitrogens is 2. The first kappa shape index (κ1) is 12.2. The van der Waals surface area contributed by atoms with Crippen LogP contribution in [0.15, 0.2) is 6.07 Å². The molecule has 0 spiro atoms. The maximum absolute atomic E-state index is 8.86. The van der Waals surface area contributed by atoms with Crippen LogP contribution in [0.3, 0.4) is 0 Å². The van der Waals surface area contributed by atoms with Crippen LogP contribution in [0.25, 0.3) is 0 Å². The second-order valence-electron chi connectivity index (χ2n) is 4.34. The third kappa shape index (κ3) is 3.10. The van der Waals surface area contributed by atoms with Gasteiger partial charge < -0.3 is 5.32 Å². The van der Waals surface area contributed by atoms with Crippen molar-refractivity contribution in [1.29, 1.82) is 5.26 Å². The predicted octanol–water partition coefficient (Wildman–Crippen LogP) is 2.35. The molecule has 0 radical (unpaired) electrons. The van der Waals surface area contributed by atoms with Gasteiger partial charge in [0.25, 0.3) is 0 Å². The molecule has 1 aromatic heterocycles. The molecule has 1 saturated carbocycles. The molecule has 1 aliphatic rings. The van der Waals surface area contributed by atoms with Gasteiger partial charge in [-0.2, -0.15) is 17.0 Å². The Kier molecular flexibility index (Phi) is 3.85. The van der Waals surface area contributed by atoms with Gasteiger partial charge in [0.2, 0.25) is 5.95 Å². The van der Waals surface area contributed by atoms with E-state index < -0.39 is 0 Å². The zero-order valence-electron chi connectivity index (χ0n) is 10.1. The van der Waals surface area contributed by atoms with Crippen molar-refractivity contribution in [2.45, 2.75) is 37.5 Å². The van der Waals surface area contributed by atoms with Crippen molar-refractivity contribution in [3.63, 3.8) is 0 Å². The lowest BCUT2D eigenvalue weighted by Gasteiger charge is -2.12. The number of rotatable bonds is 3. The Morgan fingerprint density at radius 3 is 2.94 bits per heavy atom. The first-order valence-corrected chi connectivity index (χ1v) is 7.05. The number of anilines is 1. The van der Waals surface area contributed by atoms with Crippen molar-refractivity contribution in [2.24, 2.45) is 0 Å². The molecule has 0 saturated heterocycles. The lowest BCUT2D eigenvalue weighted by atomic mass is 10.2. The summed E-state index contributed by atoms with van der Waals surface area (Å²) in [5, 5.41) is 12.9. The summed E-state index contributed by atoms with van der Waals surface area (Å²) in [4.78, 5) is 8.49. The molecule has 90 valence electrons. The average Bonchev–Trinajstić information content (AvgIpc) is 2.76. The van der Waals surface area contributed by atoms with E-state index in [1.54, 1.807) is 6.07 Å². The normalized spacial score (nSPS) is 23.4. The smallest absolute Gasteiger partial charge is 0.224 e. The van der Waals surface area contributed by atoms with Crippen LogP contribution in [0.2, 0.25) is 0 Å². The van der Waals surface area contributed by atoms with E-state index >= 15 is 0 Å². The lowest BCUT2D eigenvalue weighted by Crippen LogP contribution is -2.18. The van der Waals surface area contributed by atoms with Crippen molar-refractivity contribution in [2.75, 3.05) is 11.6 Å². The summed E-state index contributed by atoms with van der Waals surface area (Å²) in [6.45, 7) is 1.88. The predicted molar refractivity (Wildman–Crippen MR) is 70.0 cm³/mol. The van der Waals surface area contributed by atoms with Gasteiger partial charge in [-0.25, -0.2) is 9.97 Å². The van der Waals surface area contributed by atoms with Crippen molar-refractivity contribution in [1.82, 2.24) is 9.97 Å². The molecule has 1 aromatic rings. The Morgan fingerprint density at radius 2 is 2.29 bits per heavy atom. The van der Waals surface area contributed by atoms with Crippen LogP contribution >= 0.6 is 11.8 Å². The van der Waals surface area contributed by atoms with Crippen molar-refractivity contribution < 1.29 is 0 Å². The fraction of sp³-hybridized carbons (Fsp3) is 0.583. The molecule has 0 bridgehead atoms. The van der Waals surface area contributed by atoms with Crippen molar-refractivity contribution in [3.05, 3.63) is 17.5 Å². The number of thioether (sulfide) groups is 1. The minimum absolute atomic E-state index is 0.430. The van der Waals surface area contributed by atoms with Gasteiger partial charge in [-0.05, 0) is 38.5 Å². The van der Waals surface area contributed by atoms with E-state index in [2.05, 4.69) is 27.6 Å². The van der Waals surface area contributed by atoms with Gasteiger partial charge in [-0.15, -0.1) is 0 Å². The van der Waals surface area contributed by atoms with E-state index in [0.29, 0.717) is 17.7 Å². The van der Waals surface area contributed by atoms with E-state index in [9.17, 15) is 0 Å². The fourth-order valence-electron chi connectivity index (χ4n) is 2.16. The summed E-state index contributed by atoms with van der Waals surface area (Å²) in [5.74, 6) is 0.591. The van der Waals surface area contributed by atoms with Crippen LogP contribution in [0.1, 0.15) is 30.7 Å². The van der Waals surface area contributed by atoms with Gasteiger partial charge in [0.05, 0.1) is 0 Å². The Hall–Kier alpha value is -1.28. The van der Waals surface area contributed by atoms with Gasteiger partial charge in [0.15, 0.2) is 0 Å². The largest absolute Gasteiger partial charge is 0.351 e. The highest BCUT2D eigenvalue weighted by Gasteiger charge is 2.24. The van der Waals surface area contributed by atoms with Crippen LogP contribution in [0.4, 0.5) is 5.95 Å². The Morgan fingerprint density at radius 1 is 1.47 bits per heavy atom. The quantitative estimate of drug-likeness (QED) is 0.889. The molecule has 5 heteroatoms. The van der Waals surface area contributed by atoms with E-state index in [1.165, 1.54) is 6.42 Å². The second-order valence-corrected chi connectivity index (χ2v) is 5.48. The molecule has 1 N–H and O–H groups in total. The van der Waals surface area contributed by atoms with Crippen LogP contribution in [0, 0.1) is 18.3 Å². The Balaban J connectivity index is 2.04. The Bertz CT molecular complexity index is 441. The SMILES string of the molecule is CSC1CCC(Nc2nc(C)cc(C#N)n2)C1. The minimum atomic E-state index is 0.430. The zero-order valence-corrected chi connectivity index (χ0v) is 10.9. The van der Waals surface area contributed by atoms with E-state index in [0.717, 1.165) is 23.8 Å². The molecule has 1 fully saturated rings. The van der Waals surface area contributed by atoms with E-state index in [1.807, 2.05) is 18.7 Å². The highest BCUT2D eigenvalue weighted by molar-refractivity contribution is 7.99. The summed E-state index contributed by atoms with van der Waals surface area (Å²) in [6.07, 6.45) is 5.71. The van der Waals surface area contributed by atoms with Crippen LogP contribution in [0.5, 0.6) is 0 Å². The van der Waals surface area contributed by atoms with Gasteiger partial charge in [-0.1, -0.05) is 0 Å². The molecule has 0 aromatic carbocycles. The number of aryl methyl sites for hydroxylation is 1. The third-order valence-electron chi connectivity index (χ3n) is 3.02. The zero-order chi connectivity index (χ0) is 12.3. The van der Waals surface area contributed by atoms with E-state index in [4.69, 9.17) is 5.26 Å². The van der Waals surface area contributed by atoms with Crippen molar-refractivity contribution in [3.8, 4) is 6.07 Å². The standard InChI is InChI=1S/C12H16N4S/c1-8-5-10(7-13)16-12(14-8)15-9-3-4-11(6-9)17-2/h5,9,11H,3-4,6H2,1-2H3,(H,14,15,16). The molecule has 2 atom stereocenters. The fourth-order valence-corrected chi connectivity index (χ4v) is 2.95. The van der Waals surface area contributed by atoms with Gasteiger partial charge >= 0.3 is 0 Å². The maximum Gasteiger partial charge on any atom is 0.224 e. The molecule has 0 aliphatic heterocycles. The number of nitrogens with one attached hydrogen (secondary N) is 1.